The molecule has 0 amide bonds. The zero-order valence-corrected chi connectivity index (χ0v) is 8.11. The van der Waals surface area contributed by atoms with E-state index in [0.29, 0.717) is 11.6 Å². The van der Waals surface area contributed by atoms with E-state index in [1.165, 1.54) is 0 Å². The van der Waals surface area contributed by atoms with Crippen LogP contribution in [0.5, 0.6) is 0 Å². The molecule has 3 heteroatoms. The van der Waals surface area contributed by atoms with Gasteiger partial charge in [-0.05, 0) is 32.4 Å². The minimum Gasteiger partial charge on any atom is -0.298 e. The number of rotatable bonds is 4. The summed E-state index contributed by atoms with van der Waals surface area (Å²) in [6.45, 7) is 5.84. The third-order valence-corrected chi connectivity index (χ3v) is 1.52. The van der Waals surface area contributed by atoms with Crippen LogP contribution in [0.2, 0.25) is 0 Å². The maximum Gasteiger partial charge on any atom is 0.145 e. The molecule has 0 aromatic carbocycles. The molecule has 0 heterocycles. The Kier molecular flexibility index (Phi) is 5.00. The molecule has 0 aromatic rings. The van der Waals surface area contributed by atoms with Gasteiger partial charge in [0.15, 0.2) is 0 Å². The van der Waals surface area contributed by atoms with E-state index in [0.717, 1.165) is 6.29 Å². The van der Waals surface area contributed by atoms with Crippen molar-refractivity contribution in [2.45, 2.75) is 26.8 Å². The number of aldehydes is 1. The predicted molar refractivity (Wildman–Crippen MR) is 51.2 cm³/mol. The monoisotopic (exact) mass is 168 g/mol. The summed E-state index contributed by atoms with van der Waals surface area (Å²) in [5.74, 6) is 0. The minimum absolute atomic E-state index is 0.381. The van der Waals surface area contributed by atoms with Crippen LogP contribution in [0.15, 0.2) is 16.8 Å². The number of hydrogen-bond donors (Lipinski definition) is 0. The van der Waals surface area contributed by atoms with Crippen LogP contribution in [0.3, 0.4) is 0 Å². The SMILES string of the molecule is C/C(C=O)=C/C=N\N(C)C(C)C. The average molecular weight is 168 g/mol. The summed E-state index contributed by atoms with van der Waals surface area (Å²) in [6.07, 6.45) is 4.12. The molecule has 0 fully saturated rings. The van der Waals surface area contributed by atoms with Crippen LogP contribution in [0.25, 0.3) is 0 Å². The Balaban J connectivity index is 3.99. The van der Waals surface area contributed by atoms with Gasteiger partial charge in [0.25, 0.3) is 0 Å². The Morgan fingerprint density at radius 3 is 2.50 bits per heavy atom. The van der Waals surface area contributed by atoms with Crippen molar-refractivity contribution in [1.29, 1.82) is 0 Å². The van der Waals surface area contributed by atoms with Crippen LogP contribution in [0.1, 0.15) is 20.8 Å². The van der Waals surface area contributed by atoms with Gasteiger partial charge in [-0.1, -0.05) is 0 Å². The van der Waals surface area contributed by atoms with Gasteiger partial charge in [0.2, 0.25) is 0 Å². The normalized spacial score (nSPS) is 12.6. The lowest BCUT2D eigenvalue weighted by atomic mass is 10.3. The summed E-state index contributed by atoms with van der Waals surface area (Å²) in [7, 11) is 1.89. The fraction of sp³-hybridized carbons (Fsp3) is 0.556. The highest BCUT2D eigenvalue weighted by Gasteiger charge is 1.94. The van der Waals surface area contributed by atoms with E-state index in [2.05, 4.69) is 5.10 Å². The third-order valence-electron chi connectivity index (χ3n) is 1.52. The van der Waals surface area contributed by atoms with Gasteiger partial charge in [-0.3, -0.25) is 9.80 Å². The maximum absolute atomic E-state index is 10.2. The number of hydrogen-bond acceptors (Lipinski definition) is 3. The van der Waals surface area contributed by atoms with Crippen molar-refractivity contribution in [3.05, 3.63) is 11.6 Å². The molecule has 0 aliphatic heterocycles. The van der Waals surface area contributed by atoms with Crippen molar-refractivity contribution in [1.82, 2.24) is 5.01 Å². The van der Waals surface area contributed by atoms with Gasteiger partial charge < -0.3 is 0 Å². The van der Waals surface area contributed by atoms with Crippen LogP contribution in [0, 0.1) is 0 Å². The Morgan fingerprint density at radius 2 is 2.08 bits per heavy atom. The van der Waals surface area contributed by atoms with Crippen LogP contribution in [-0.2, 0) is 4.79 Å². The van der Waals surface area contributed by atoms with Crippen LogP contribution in [0.4, 0.5) is 0 Å². The van der Waals surface area contributed by atoms with Gasteiger partial charge in [0.1, 0.15) is 6.29 Å². The maximum atomic E-state index is 10.2. The summed E-state index contributed by atoms with van der Waals surface area (Å²) < 4.78 is 0. The fourth-order valence-corrected chi connectivity index (χ4v) is 0.429. The summed E-state index contributed by atoms with van der Waals surface area (Å²) in [6, 6.07) is 0.381. The molecule has 0 aliphatic rings. The minimum atomic E-state index is 0.381. The molecule has 0 saturated carbocycles. The molecule has 68 valence electrons. The van der Waals surface area contributed by atoms with E-state index in [9.17, 15) is 4.79 Å². The summed E-state index contributed by atoms with van der Waals surface area (Å²) in [5.41, 5.74) is 0.677. The molecular formula is C9H16N2O. The largest absolute Gasteiger partial charge is 0.298 e. The molecule has 12 heavy (non-hydrogen) atoms. The topological polar surface area (TPSA) is 32.7 Å². The van der Waals surface area contributed by atoms with E-state index in [1.54, 1.807) is 19.2 Å². The van der Waals surface area contributed by atoms with E-state index in [-0.39, 0.29) is 0 Å². The first-order valence-corrected chi connectivity index (χ1v) is 3.96. The molecule has 0 N–H and O–H groups in total. The summed E-state index contributed by atoms with van der Waals surface area (Å²) in [5, 5.41) is 5.91. The molecule has 0 aromatic heterocycles. The Morgan fingerprint density at radius 1 is 1.50 bits per heavy atom. The first kappa shape index (κ1) is 10.9. The lowest BCUT2D eigenvalue weighted by molar-refractivity contribution is -0.104. The predicted octanol–water partition coefficient (Wildman–Crippen LogP) is 1.46. The van der Waals surface area contributed by atoms with Crippen molar-refractivity contribution >= 4 is 12.5 Å². The van der Waals surface area contributed by atoms with Crippen LogP contribution in [-0.4, -0.2) is 30.6 Å². The molecule has 0 saturated heterocycles. The highest BCUT2D eigenvalue weighted by molar-refractivity contribution is 5.83. The molecule has 0 atom stereocenters. The summed E-state index contributed by atoms with van der Waals surface area (Å²) in [4.78, 5) is 10.2. The first-order valence-electron chi connectivity index (χ1n) is 3.96. The second-order valence-corrected chi connectivity index (χ2v) is 2.96. The van der Waals surface area contributed by atoms with Gasteiger partial charge in [0, 0.05) is 19.3 Å². The highest BCUT2D eigenvalue weighted by Crippen LogP contribution is 1.92. The van der Waals surface area contributed by atoms with Gasteiger partial charge in [-0.2, -0.15) is 5.10 Å². The molecule has 0 bridgehead atoms. The molecule has 0 aliphatic carbocycles. The fourth-order valence-electron chi connectivity index (χ4n) is 0.429. The molecular weight excluding hydrogens is 152 g/mol. The lowest BCUT2D eigenvalue weighted by Gasteiger charge is -2.16. The van der Waals surface area contributed by atoms with E-state index < -0.39 is 0 Å². The van der Waals surface area contributed by atoms with Gasteiger partial charge in [0.05, 0.1) is 0 Å². The highest BCUT2D eigenvalue weighted by atomic mass is 16.1. The molecule has 0 rings (SSSR count). The van der Waals surface area contributed by atoms with E-state index >= 15 is 0 Å². The van der Waals surface area contributed by atoms with Crippen molar-refractivity contribution in [3.63, 3.8) is 0 Å². The number of hydrazone groups is 1. The van der Waals surface area contributed by atoms with Gasteiger partial charge in [-0.15, -0.1) is 0 Å². The van der Waals surface area contributed by atoms with Gasteiger partial charge in [-0.25, -0.2) is 0 Å². The number of carbonyl (C=O) groups is 1. The molecule has 0 spiro atoms. The van der Waals surface area contributed by atoms with E-state index in [1.807, 2.05) is 25.9 Å². The first-order chi connectivity index (χ1) is 5.57. The third kappa shape index (κ3) is 4.66. The standard InChI is InChI=1S/C9H16N2O/c1-8(2)11(4)10-6-5-9(3)7-12/h5-8H,1-4H3/b9-5-,10-6-. The molecule has 3 nitrogen and oxygen atoms in total. The van der Waals surface area contributed by atoms with E-state index in [4.69, 9.17) is 0 Å². The lowest BCUT2D eigenvalue weighted by Crippen LogP contribution is -2.19. The van der Waals surface area contributed by atoms with Gasteiger partial charge >= 0.3 is 0 Å². The second-order valence-electron chi connectivity index (χ2n) is 2.96. The number of carbonyl (C=O) groups excluding carboxylic acids is 1. The zero-order valence-electron chi connectivity index (χ0n) is 8.11. The van der Waals surface area contributed by atoms with Crippen molar-refractivity contribution in [3.8, 4) is 0 Å². The van der Waals surface area contributed by atoms with Crippen molar-refractivity contribution in [2.24, 2.45) is 5.10 Å². The smallest absolute Gasteiger partial charge is 0.145 e. The van der Waals surface area contributed by atoms with Crippen molar-refractivity contribution < 1.29 is 4.79 Å². The zero-order chi connectivity index (χ0) is 9.56. The summed E-state index contributed by atoms with van der Waals surface area (Å²) >= 11 is 0. The molecule has 0 radical (unpaired) electrons. The Hall–Kier alpha value is -1.12. The Labute approximate surface area is 73.8 Å². The number of allylic oxidation sites excluding steroid dienone is 2. The number of nitrogens with zero attached hydrogens (tertiary/aromatic N) is 2. The van der Waals surface area contributed by atoms with Crippen LogP contribution >= 0.6 is 0 Å². The quantitative estimate of drug-likeness (QED) is 0.275. The second kappa shape index (κ2) is 5.52. The Bertz CT molecular complexity index is 195. The van der Waals surface area contributed by atoms with Crippen molar-refractivity contribution in [2.75, 3.05) is 7.05 Å². The average Bonchev–Trinajstić information content (AvgIpc) is 2.03. The molecule has 0 unspecified atom stereocenters. The van der Waals surface area contributed by atoms with Crippen LogP contribution < -0.4 is 0 Å².